The molecule has 0 aliphatic heterocycles. The number of hydrogen-bond donors (Lipinski definition) is 1. The molecule has 0 saturated heterocycles. The molecular formula is C11H13FO. The van der Waals surface area contributed by atoms with Crippen molar-refractivity contribution in [1.82, 2.24) is 0 Å². The molecule has 70 valence electrons. The van der Waals surface area contributed by atoms with Crippen molar-refractivity contribution in [3.63, 3.8) is 0 Å². The first-order chi connectivity index (χ1) is 6.15. The third kappa shape index (κ3) is 2.39. The Morgan fingerprint density at radius 2 is 1.85 bits per heavy atom. The number of hydrogen-bond acceptors (Lipinski definition) is 1. The summed E-state index contributed by atoms with van der Waals surface area (Å²) in [6.45, 7) is 3.72. The zero-order valence-electron chi connectivity index (χ0n) is 7.84. The SMILES string of the molecule is Cc1cc(F)cc(C)c1C=CCO. The third-order valence-corrected chi connectivity index (χ3v) is 1.95. The van der Waals surface area contributed by atoms with Crippen molar-refractivity contribution in [1.29, 1.82) is 0 Å². The molecule has 0 fully saturated rings. The molecule has 0 bridgehead atoms. The fourth-order valence-electron chi connectivity index (χ4n) is 1.36. The Kier molecular flexibility index (Phi) is 3.20. The molecule has 0 atom stereocenters. The number of halogens is 1. The van der Waals surface area contributed by atoms with E-state index >= 15 is 0 Å². The van der Waals surface area contributed by atoms with Crippen molar-refractivity contribution >= 4 is 6.08 Å². The average molecular weight is 180 g/mol. The van der Waals surface area contributed by atoms with Crippen LogP contribution in [0.2, 0.25) is 0 Å². The molecule has 0 aliphatic rings. The van der Waals surface area contributed by atoms with E-state index in [1.165, 1.54) is 12.1 Å². The molecule has 0 saturated carbocycles. The third-order valence-electron chi connectivity index (χ3n) is 1.95. The summed E-state index contributed by atoms with van der Waals surface area (Å²) in [4.78, 5) is 0. The second kappa shape index (κ2) is 4.19. The van der Waals surface area contributed by atoms with Crippen LogP contribution < -0.4 is 0 Å². The number of aryl methyl sites for hydroxylation is 2. The van der Waals surface area contributed by atoms with E-state index in [0.29, 0.717) is 0 Å². The van der Waals surface area contributed by atoms with Crippen molar-refractivity contribution < 1.29 is 9.50 Å². The molecule has 2 heteroatoms. The van der Waals surface area contributed by atoms with Gasteiger partial charge in [-0.2, -0.15) is 0 Å². The quantitative estimate of drug-likeness (QED) is 0.741. The van der Waals surface area contributed by atoms with Gasteiger partial charge in [-0.1, -0.05) is 12.2 Å². The van der Waals surface area contributed by atoms with Gasteiger partial charge >= 0.3 is 0 Å². The Bertz CT molecular complexity index is 306. The van der Waals surface area contributed by atoms with Crippen LogP contribution in [0.5, 0.6) is 0 Å². The molecule has 1 rings (SSSR count). The van der Waals surface area contributed by atoms with E-state index in [4.69, 9.17) is 5.11 Å². The topological polar surface area (TPSA) is 20.2 Å². The second-order valence-corrected chi connectivity index (χ2v) is 3.04. The van der Waals surface area contributed by atoms with Gasteiger partial charge in [0.2, 0.25) is 0 Å². The Morgan fingerprint density at radius 1 is 1.31 bits per heavy atom. The molecule has 0 aliphatic carbocycles. The van der Waals surface area contributed by atoms with E-state index in [2.05, 4.69) is 0 Å². The van der Waals surface area contributed by atoms with Crippen LogP contribution in [-0.2, 0) is 0 Å². The van der Waals surface area contributed by atoms with Gasteiger partial charge < -0.3 is 5.11 Å². The highest BCUT2D eigenvalue weighted by Gasteiger charge is 2.01. The fourth-order valence-corrected chi connectivity index (χ4v) is 1.36. The lowest BCUT2D eigenvalue weighted by Gasteiger charge is -2.04. The second-order valence-electron chi connectivity index (χ2n) is 3.04. The molecule has 0 spiro atoms. The summed E-state index contributed by atoms with van der Waals surface area (Å²) < 4.78 is 12.9. The van der Waals surface area contributed by atoms with E-state index in [0.717, 1.165) is 16.7 Å². The van der Waals surface area contributed by atoms with Crippen LogP contribution in [0.15, 0.2) is 18.2 Å². The molecule has 13 heavy (non-hydrogen) atoms. The number of benzene rings is 1. The van der Waals surface area contributed by atoms with E-state index in [1.807, 2.05) is 19.9 Å². The molecular weight excluding hydrogens is 167 g/mol. The minimum absolute atomic E-state index is 0.0102. The minimum Gasteiger partial charge on any atom is -0.392 e. The van der Waals surface area contributed by atoms with Gasteiger partial charge in [0.25, 0.3) is 0 Å². The first kappa shape index (κ1) is 9.93. The van der Waals surface area contributed by atoms with Gasteiger partial charge in [-0.15, -0.1) is 0 Å². The Morgan fingerprint density at radius 3 is 2.31 bits per heavy atom. The molecule has 0 amide bonds. The van der Waals surface area contributed by atoms with Gasteiger partial charge in [0.05, 0.1) is 6.61 Å². The summed E-state index contributed by atoms with van der Waals surface area (Å²) in [6.07, 6.45) is 3.46. The highest BCUT2D eigenvalue weighted by molar-refractivity contribution is 5.57. The van der Waals surface area contributed by atoms with Crippen LogP contribution in [0.25, 0.3) is 6.08 Å². The Labute approximate surface area is 77.5 Å². The first-order valence-electron chi connectivity index (χ1n) is 4.19. The van der Waals surface area contributed by atoms with Crippen LogP contribution in [0.4, 0.5) is 4.39 Å². The molecule has 0 unspecified atom stereocenters. The molecule has 1 aromatic rings. The largest absolute Gasteiger partial charge is 0.392 e. The maximum Gasteiger partial charge on any atom is 0.123 e. The van der Waals surface area contributed by atoms with Gasteiger partial charge in [-0.25, -0.2) is 4.39 Å². The predicted molar refractivity (Wildman–Crippen MR) is 52.0 cm³/mol. The average Bonchev–Trinajstić information content (AvgIpc) is 2.02. The van der Waals surface area contributed by atoms with E-state index in [9.17, 15) is 4.39 Å². The lowest BCUT2D eigenvalue weighted by Crippen LogP contribution is -1.89. The summed E-state index contributed by atoms with van der Waals surface area (Å²) in [5, 5.41) is 8.60. The van der Waals surface area contributed by atoms with Crippen molar-refractivity contribution in [2.75, 3.05) is 6.61 Å². The van der Waals surface area contributed by atoms with E-state index < -0.39 is 0 Å². The van der Waals surface area contributed by atoms with Crippen LogP contribution in [0.1, 0.15) is 16.7 Å². The number of aliphatic hydroxyl groups excluding tert-OH is 1. The summed E-state index contributed by atoms with van der Waals surface area (Å²) in [6, 6.07) is 2.98. The Hall–Kier alpha value is -1.15. The van der Waals surface area contributed by atoms with Gasteiger partial charge in [0, 0.05) is 0 Å². The van der Waals surface area contributed by atoms with Crippen molar-refractivity contribution in [3.8, 4) is 0 Å². The molecule has 0 radical (unpaired) electrons. The van der Waals surface area contributed by atoms with Crippen molar-refractivity contribution in [2.24, 2.45) is 0 Å². The smallest absolute Gasteiger partial charge is 0.123 e. The predicted octanol–water partition coefficient (Wildman–Crippen LogP) is 2.45. The zero-order valence-corrected chi connectivity index (χ0v) is 7.84. The number of rotatable bonds is 2. The highest BCUT2D eigenvalue weighted by Crippen LogP contribution is 2.17. The van der Waals surface area contributed by atoms with Crippen molar-refractivity contribution in [2.45, 2.75) is 13.8 Å². The van der Waals surface area contributed by atoms with Crippen LogP contribution >= 0.6 is 0 Å². The van der Waals surface area contributed by atoms with Gasteiger partial charge in [-0.3, -0.25) is 0 Å². The minimum atomic E-state index is -0.212. The maximum atomic E-state index is 12.9. The monoisotopic (exact) mass is 180 g/mol. The Balaban J connectivity index is 3.13. The summed E-state index contributed by atoms with van der Waals surface area (Å²) >= 11 is 0. The van der Waals surface area contributed by atoms with E-state index in [-0.39, 0.29) is 12.4 Å². The van der Waals surface area contributed by atoms with Gasteiger partial charge in [0.15, 0.2) is 0 Å². The standard InChI is InChI=1S/C11H13FO/c1-8-6-10(12)7-9(2)11(8)4-3-5-13/h3-4,6-7,13H,5H2,1-2H3. The van der Waals surface area contributed by atoms with Crippen LogP contribution in [-0.4, -0.2) is 11.7 Å². The number of aliphatic hydroxyl groups is 1. The van der Waals surface area contributed by atoms with Crippen LogP contribution in [0.3, 0.4) is 0 Å². The van der Waals surface area contributed by atoms with Gasteiger partial charge in [-0.05, 0) is 42.7 Å². The fraction of sp³-hybridized carbons (Fsp3) is 0.273. The normalized spacial score (nSPS) is 11.1. The van der Waals surface area contributed by atoms with Gasteiger partial charge in [0.1, 0.15) is 5.82 Å². The zero-order chi connectivity index (χ0) is 9.84. The summed E-state index contributed by atoms with van der Waals surface area (Å²) in [5.74, 6) is -0.212. The summed E-state index contributed by atoms with van der Waals surface area (Å²) in [5.41, 5.74) is 2.76. The van der Waals surface area contributed by atoms with Crippen LogP contribution in [0, 0.1) is 19.7 Å². The lowest BCUT2D eigenvalue weighted by atomic mass is 10.0. The molecule has 1 N–H and O–H groups in total. The molecule has 0 heterocycles. The maximum absolute atomic E-state index is 12.9. The highest BCUT2D eigenvalue weighted by atomic mass is 19.1. The van der Waals surface area contributed by atoms with E-state index in [1.54, 1.807) is 6.08 Å². The lowest BCUT2D eigenvalue weighted by molar-refractivity contribution is 0.343. The molecule has 0 aromatic heterocycles. The van der Waals surface area contributed by atoms with Crippen molar-refractivity contribution in [3.05, 3.63) is 40.7 Å². The molecule has 1 nitrogen and oxygen atoms in total. The summed E-state index contributed by atoms with van der Waals surface area (Å²) in [7, 11) is 0. The first-order valence-corrected chi connectivity index (χ1v) is 4.19. The molecule has 1 aromatic carbocycles.